The van der Waals surface area contributed by atoms with Crippen LogP contribution in [-0.2, 0) is 9.53 Å². The summed E-state index contributed by atoms with van der Waals surface area (Å²) in [5.41, 5.74) is -0.251. The smallest absolute Gasteiger partial charge is 0.407 e. The Morgan fingerprint density at radius 1 is 1.22 bits per heavy atom. The average Bonchev–Trinajstić information content (AvgIpc) is 2.19. The van der Waals surface area contributed by atoms with Gasteiger partial charge in [-0.3, -0.25) is 0 Å². The molecule has 0 fully saturated rings. The third kappa shape index (κ3) is 9.69. The molecule has 0 saturated heterocycles. The fourth-order valence-electron chi connectivity index (χ4n) is 1.25. The van der Waals surface area contributed by atoms with Crippen molar-refractivity contribution in [2.45, 2.75) is 52.1 Å². The van der Waals surface area contributed by atoms with Gasteiger partial charge in [0.25, 0.3) is 0 Å². The molecule has 2 N–H and O–H groups in total. The van der Waals surface area contributed by atoms with Crippen molar-refractivity contribution in [3.63, 3.8) is 0 Å². The second kappa shape index (κ2) is 7.74. The number of carboxylic acid groups (broad SMARTS) is 1. The van der Waals surface area contributed by atoms with Crippen LogP contribution in [0, 0.1) is 0 Å². The molecule has 0 rings (SSSR count). The van der Waals surface area contributed by atoms with E-state index in [1.807, 2.05) is 20.8 Å². The molecule has 0 atom stereocenters. The third-order valence-electron chi connectivity index (χ3n) is 2.13. The van der Waals surface area contributed by atoms with Crippen LogP contribution in [0.5, 0.6) is 0 Å². The van der Waals surface area contributed by atoms with Crippen molar-refractivity contribution in [2.24, 2.45) is 0 Å². The molecule has 0 bridgehead atoms. The highest BCUT2D eigenvalue weighted by Gasteiger charge is 2.15. The van der Waals surface area contributed by atoms with Gasteiger partial charge in [-0.05, 0) is 40.0 Å². The first-order valence-electron chi connectivity index (χ1n) is 6.10. The number of carbonyl (C=O) groups excluding carboxylic acids is 1. The molecular weight excluding hydrogens is 234 g/mol. The summed E-state index contributed by atoms with van der Waals surface area (Å²) >= 11 is 0. The predicted octanol–water partition coefficient (Wildman–Crippen LogP) is 2.71. The Balaban J connectivity index is 3.49. The van der Waals surface area contributed by atoms with E-state index in [9.17, 15) is 9.59 Å². The standard InChI is InChI=1S/C13H23NO4/c1-10(11(15)16)8-6-5-7-9-14-12(17)18-13(2,3)4/h1,5-9H2,2-4H3,(H,14,17)(H,15,16). The van der Waals surface area contributed by atoms with Crippen LogP contribution in [0.2, 0.25) is 0 Å². The number of carbonyl (C=O) groups is 2. The molecule has 0 saturated carbocycles. The Hall–Kier alpha value is -1.52. The number of hydrogen-bond donors (Lipinski definition) is 2. The van der Waals surface area contributed by atoms with Crippen LogP contribution in [0.15, 0.2) is 12.2 Å². The molecule has 0 aromatic carbocycles. The normalized spacial score (nSPS) is 10.8. The van der Waals surface area contributed by atoms with Crippen LogP contribution in [-0.4, -0.2) is 29.3 Å². The molecular formula is C13H23NO4. The fourth-order valence-corrected chi connectivity index (χ4v) is 1.25. The molecule has 0 aromatic heterocycles. The largest absolute Gasteiger partial charge is 0.478 e. The van der Waals surface area contributed by atoms with Crippen LogP contribution < -0.4 is 5.32 Å². The van der Waals surface area contributed by atoms with Gasteiger partial charge in [-0.1, -0.05) is 13.0 Å². The number of carboxylic acids is 1. The molecule has 0 radical (unpaired) electrons. The highest BCUT2D eigenvalue weighted by atomic mass is 16.6. The number of aliphatic carboxylic acids is 1. The van der Waals surface area contributed by atoms with Gasteiger partial charge in [0, 0.05) is 12.1 Å². The number of rotatable bonds is 7. The first kappa shape index (κ1) is 16.5. The Morgan fingerprint density at radius 3 is 2.33 bits per heavy atom. The van der Waals surface area contributed by atoms with Gasteiger partial charge in [-0.15, -0.1) is 0 Å². The number of unbranched alkanes of at least 4 members (excludes halogenated alkanes) is 2. The van der Waals surface area contributed by atoms with E-state index in [2.05, 4.69) is 11.9 Å². The summed E-state index contributed by atoms with van der Waals surface area (Å²) < 4.78 is 5.07. The summed E-state index contributed by atoms with van der Waals surface area (Å²) in [5, 5.41) is 11.2. The van der Waals surface area contributed by atoms with Crippen molar-refractivity contribution < 1.29 is 19.4 Å². The van der Waals surface area contributed by atoms with E-state index in [0.717, 1.165) is 19.3 Å². The maximum absolute atomic E-state index is 11.3. The minimum absolute atomic E-state index is 0.232. The van der Waals surface area contributed by atoms with Crippen molar-refractivity contribution >= 4 is 12.1 Å². The van der Waals surface area contributed by atoms with Crippen molar-refractivity contribution in [1.82, 2.24) is 5.32 Å². The summed E-state index contributed by atoms with van der Waals surface area (Å²) in [5.74, 6) is -0.943. The van der Waals surface area contributed by atoms with Crippen molar-refractivity contribution in [2.75, 3.05) is 6.54 Å². The Morgan fingerprint density at radius 2 is 1.83 bits per heavy atom. The van der Waals surface area contributed by atoms with Gasteiger partial charge in [0.15, 0.2) is 0 Å². The summed E-state index contributed by atoms with van der Waals surface area (Å²) in [6.07, 6.45) is 2.48. The van der Waals surface area contributed by atoms with Crippen LogP contribution in [0.1, 0.15) is 46.5 Å². The monoisotopic (exact) mass is 257 g/mol. The van der Waals surface area contributed by atoms with Gasteiger partial charge in [0.1, 0.15) is 5.60 Å². The first-order chi connectivity index (χ1) is 8.22. The quantitative estimate of drug-likeness (QED) is 0.543. The van der Waals surface area contributed by atoms with E-state index in [-0.39, 0.29) is 5.57 Å². The molecule has 0 aliphatic heterocycles. The minimum Gasteiger partial charge on any atom is -0.478 e. The van der Waals surface area contributed by atoms with Crippen LogP contribution in [0.4, 0.5) is 4.79 Å². The van der Waals surface area contributed by atoms with Gasteiger partial charge in [-0.2, -0.15) is 0 Å². The van der Waals surface area contributed by atoms with Crippen LogP contribution in [0.3, 0.4) is 0 Å². The topological polar surface area (TPSA) is 75.6 Å². The zero-order valence-electron chi connectivity index (χ0n) is 11.4. The number of ether oxygens (including phenoxy) is 1. The van der Waals surface area contributed by atoms with E-state index in [1.165, 1.54) is 0 Å². The average molecular weight is 257 g/mol. The third-order valence-corrected chi connectivity index (χ3v) is 2.13. The van der Waals surface area contributed by atoms with E-state index in [1.54, 1.807) is 0 Å². The maximum atomic E-state index is 11.3. The zero-order valence-corrected chi connectivity index (χ0v) is 11.4. The van der Waals surface area contributed by atoms with Crippen molar-refractivity contribution in [3.05, 3.63) is 12.2 Å². The Labute approximate surface area is 108 Å². The molecule has 1 amide bonds. The SMILES string of the molecule is C=C(CCCCCNC(=O)OC(C)(C)C)C(=O)O. The maximum Gasteiger partial charge on any atom is 0.407 e. The number of alkyl carbamates (subject to hydrolysis) is 1. The second-order valence-corrected chi connectivity index (χ2v) is 5.15. The summed E-state index contributed by atoms with van der Waals surface area (Å²) in [4.78, 5) is 21.7. The molecule has 18 heavy (non-hydrogen) atoms. The molecule has 0 aromatic rings. The molecule has 0 aliphatic rings. The zero-order chi connectivity index (χ0) is 14.2. The van der Waals surface area contributed by atoms with Crippen molar-refractivity contribution in [3.8, 4) is 0 Å². The Kier molecular flexibility index (Phi) is 7.08. The first-order valence-corrected chi connectivity index (χ1v) is 6.10. The molecule has 5 heteroatoms. The number of hydrogen-bond acceptors (Lipinski definition) is 3. The molecule has 104 valence electrons. The van der Waals surface area contributed by atoms with Crippen LogP contribution in [0.25, 0.3) is 0 Å². The molecule has 0 heterocycles. The van der Waals surface area contributed by atoms with Crippen LogP contribution >= 0.6 is 0 Å². The lowest BCUT2D eigenvalue weighted by Crippen LogP contribution is -2.32. The van der Waals surface area contributed by atoms with E-state index in [0.29, 0.717) is 13.0 Å². The van der Waals surface area contributed by atoms with E-state index in [4.69, 9.17) is 9.84 Å². The fraction of sp³-hybridized carbons (Fsp3) is 0.692. The molecule has 0 aliphatic carbocycles. The summed E-state index contributed by atoms with van der Waals surface area (Å²) in [7, 11) is 0. The lowest BCUT2D eigenvalue weighted by atomic mass is 10.1. The highest BCUT2D eigenvalue weighted by Crippen LogP contribution is 2.08. The summed E-state index contributed by atoms with van der Waals surface area (Å²) in [6, 6.07) is 0. The van der Waals surface area contributed by atoms with Gasteiger partial charge in [0.2, 0.25) is 0 Å². The van der Waals surface area contributed by atoms with Gasteiger partial charge >= 0.3 is 12.1 Å². The van der Waals surface area contributed by atoms with Gasteiger partial charge < -0.3 is 15.2 Å². The highest BCUT2D eigenvalue weighted by molar-refractivity contribution is 5.85. The van der Waals surface area contributed by atoms with Gasteiger partial charge in [0.05, 0.1) is 0 Å². The lowest BCUT2D eigenvalue weighted by Gasteiger charge is -2.19. The molecule has 5 nitrogen and oxygen atoms in total. The Bertz CT molecular complexity index is 305. The second-order valence-electron chi connectivity index (χ2n) is 5.15. The molecule has 0 spiro atoms. The van der Waals surface area contributed by atoms with E-state index < -0.39 is 17.7 Å². The molecule has 0 unspecified atom stereocenters. The summed E-state index contributed by atoms with van der Waals surface area (Å²) in [6.45, 7) is 9.42. The minimum atomic E-state index is -0.943. The number of amides is 1. The van der Waals surface area contributed by atoms with Gasteiger partial charge in [-0.25, -0.2) is 9.59 Å². The lowest BCUT2D eigenvalue weighted by molar-refractivity contribution is -0.132. The number of nitrogens with one attached hydrogen (secondary N) is 1. The van der Waals surface area contributed by atoms with E-state index >= 15 is 0 Å². The van der Waals surface area contributed by atoms with Crippen molar-refractivity contribution in [1.29, 1.82) is 0 Å². The predicted molar refractivity (Wildman–Crippen MR) is 69.5 cm³/mol.